The quantitative estimate of drug-likeness (QED) is 0.846. The summed E-state index contributed by atoms with van der Waals surface area (Å²) in [7, 11) is 1.64. The lowest BCUT2D eigenvalue weighted by Crippen LogP contribution is -2.12. The van der Waals surface area contributed by atoms with Gasteiger partial charge in [0.2, 0.25) is 5.91 Å². The van der Waals surface area contributed by atoms with Gasteiger partial charge in [0.05, 0.1) is 7.11 Å². The molecule has 0 radical (unpaired) electrons. The van der Waals surface area contributed by atoms with Crippen molar-refractivity contribution >= 4 is 24.0 Å². The lowest BCUT2D eigenvalue weighted by Gasteiger charge is -2.09. The van der Waals surface area contributed by atoms with Crippen molar-refractivity contribution in [3.8, 4) is 5.75 Å². The standard InChI is InChI=1S/C18H22N2O2.ClH/c1-13(19)15-6-8-16(9-7-15)20-18(21)12-5-14-3-10-17(22-2)11-4-14;/h3-4,6-11,13H,5,12,19H2,1-2H3,(H,20,21);1H. The van der Waals surface area contributed by atoms with Crippen LogP contribution in [0.4, 0.5) is 5.69 Å². The van der Waals surface area contributed by atoms with Crippen molar-refractivity contribution in [3.05, 3.63) is 59.7 Å². The Morgan fingerprint density at radius 3 is 2.26 bits per heavy atom. The van der Waals surface area contributed by atoms with Gasteiger partial charge in [0.1, 0.15) is 5.75 Å². The van der Waals surface area contributed by atoms with E-state index in [9.17, 15) is 4.79 Å². The van der Waals surface area contributed by atoms with E-state index in [1.54, 1.807) is 7.11 Å². The van der Waals surface area contributed by atoms with E-state index in [0.717, 1.165) is 22.6 Å². The van der Waals surface area contributed by atoms with Gasteiger partial charge in [-0.25, -0.2) is 0 Å². The molecular weight excluding hydrogens is 312 g/mol. The molecule has 0 heterocycles. The van der Waals surface area contributed by atoms with Gasteiger partial charge in [-0.15, -0.1) is 12.4 Å². The average Bonchev–Trinajstić information content (AvgIpc) is 2.54. The van der Waals surface area contributed by atoms with Crippen LogP contribution in [0.1, 0.15) is 30.5 Å². The number of nitrogens with one attached hydrogen (secondary N) is 1. The van der Waals surface area contributed by atoms with Gasteiger partial charge in [-0.1, -0.05) is 24.3 Å². The van der Waals surface area contributed by atoms with Crippen LogP contribution in [-0.2, 0) is 11.2 Å². The van der Waals surface area contributed by atoms with Crippen molar-refractivity contribution in [1.82, 2.24) is 0 Å². The van der Waals surface area contributed by atoms with Crippen LogP contribution in [0.3, 0.4) is 0 Å². The molecule has 0 saturated carbocycles. The van der Waals surface area contributed by atoms with E-state index in [1.165, 1.54) is 0 Å². The van der Waals surface area contributed by atoms with Gasteiger partial charge in [0, 0.05) is 18.2 Å². The number of ether oxygens (including phenoxy) is 1. The minimum absolute atomic E-state index is 0. The second-order valence-corrected chi connectivity index (χ2v) is 5.31. The number of benzene rings is 2. The Hall–Kier alpha value is -2.04. The van der Waals surface area contributed by atoms with Crippen molar-refractivity contribution in [3.63, 3.8) is 0 Å². The number of hydrogen-bond donors (Lipinski definition) is 2. The Morgan fingerprint density at radius 2 is 1.74 bits per heavy atom. The average molecular weight is 335 g/mol. The second kappa shape index (κ2) is 9.18. The molecule has 1 unspecified atom stereocenters. The topological polar surface area (TPSA) is 64.3 Å². The summed E-state index contributed by atoms with van der Waals surface area (Å²) in [6.45, 7) is 1.93. The molecule has 0 bridgehead atoms. The zero-order chi connectivity index (χ0) is 15.9. The molecule has 0 aromatic heterocycles. The summed E-state index contributed by atoms with van der Waals surface area (Å²) >= 11 is 0. The molecule has 0 saturated heterocycles. The van der Waals surface area contributed by atoms with Gasteiger partial charge < -0.3 is 15.8 Å². The zero-order valence-corrected chi connectivity index (χ0v) is 14.2. The van der Waals surface area contributed by atoms with Crippen LogP contribution in [0.15, 0.2) is 48.5 Å². The molecule has 5 heteroatoms. The predicted molar refractivity (Wildman–Crippen MR) is 96.2 cm³/mol. The van der Waals surface area contributed by atoms with Crippen LogP contribution in [0.2, 0.25) is 0 Å². The smallest absolute Gasteiger partial charge is 0.224 e. The van der Waals surface area contributed by atoms with E-state index in [0.29, 0.717) is 12.8 Å². The monoisotopic (exact) mass is 334 g/mol. The lowest BCUT2D eigenvalue weighted by atomic mass is 10.1. The third kappa shape index (κ3) is 5.93. The molecule has 1 amide bonds. The maximum absolute atomic E-state index is 12.0. The van der Waals surface area contributed by atoms with Crippen molar-refractivity contribution in [1.29, 1.82) is 0 Å². The van der Waals surface area contributed by atoms with E-state index in [2.05, 4.69) is 5.32 Å². The predicted octanol–water partition coefficient (Wildman–Crippen LogP) is 3.71. The van der Waals surface area contributed by atoms with Gasteiger partial charge in [0.15, 0.2) is 0 Å². The molecule has 2 rings (SSSR count). The molecule has 0 fully saturated rings. The summed E-state index contributed by atoms with van der Waals surface area (Å²) in [5, 5.41) is 2.90. The molecule has 0 aliphatic rings. The van der Waals surface area contributed by atoms with E-state index >= 15 is 0 Å². The number of hydrogen-bond acceptors (Lipinski definition) is 3. The Kier molecular flexibility index (Phi) is 7.59. The maximum Gasteiger partial charge on any atom is 0.224 e. The van der Waals surface area contributed by atoms with Gasteiger partial charge in [-0.2, -0.15) is 0 Å². The number of amides is 1. The largest absolute Gasteiger partial charge is 0.497 e. The maximum atomic E-state index is 12.0. The molecule has 0 spiro atoms. The normalized spacial score (nSPS) is 11.3. The van der Waals surface area contributed by atoms with Crippen molar-refractivity contribution < 1.29 is 9.53 Å². The number of carbonyl (C=O) groups is 1. The van der Waals surface area contributed by atoms with Gasteiger partial charge in [-0.05, 0) is 48.7 Å². The molecule has 0 aliphatic heterocycles. The first-order valence-corrected chi connectivity index (χ1v) is 7.37. The van der Waals surface area contributed by atoms with Crippen LogP contribution in [0.25, 0.3) is 0 Å². The van der Waals surface area contributed by atoms with Gasteiger partial charge in [-0.3, -0.25) is 4.79 Å². The van der Waals surface area contributed by atoms with Crippen LogP contribution >= 0.6 is 12.4 Å². The van der Waals surface area contributed by atoms with Crippen molar-refractivity contribution in [2.45, 2.75) is 25.8 Å². The van der Waals surface area contributed by atoms with E-state index in [1.807, 2.05) is 55.5 Å². The van der Waals surface area contributed by atoms with E-state index < -0.39 is 0 Å². The van der Waals surface area contributed by atoms with Gasteiger partial charge in [0.25, 0.3) is 0 Å². The Labute approximate surface area is 143 Å². The molecule has 2 aromatic rings. The summed E-state index contributed by atoms with van der Waals surface area (Å²) < 4.78 is 5.11. The fraction of sp³-hybridized carbons (Fsp3) is 0.278. The van der Waals surface area contributed by atoms with Crippen LogP contribution in [0, 0.1) is 0 Å². The van der Waals surface area contributed by atoms with E-state index in [-0.39, 0.29) is 24.4 Å². The van der Waals surface area contributed by atoms with Gasteiger partial charge >= 0.3 is 0 Å². The summed E-state index contributed by atoms with van der Waals surface area (Å²) in [6, 6.07) is 15.4. The third-order valence-corrected chi connectivity index (χ3v) is 3.52. The first-order chi connectivity index (χ1) is 10.6. The molecule has 3 N–H and O–H groups in total. The summed E-state index contributed by atoms with van der Waals surface area (Å²) in [6.07, 6.45) is 1.15. The number of halogens is 1. The number of anilines is 1. The molecule has 124 valence electrons. The van der Waals surface area contributed by atoms with Crippen LogP contribution in [-0.4, -0.2) is 13.0 Å². The third-order valence-electron chi connectivity index (χ3n) is 3.52. The minimum atomic E-state index is -0.000163. The van der Waals surface area contributed by atoms with Crippen LogP contribution in [0.5, 0.6) is 5.75 Å². The lowest BCUT2D eigenvalue weighted by molar-refractivity contribution is -0.116. The SMILES string of the molecule is COc1ccc(CCC(=O)Nc2ccc(C(C)N)cc2)cc1.Cl. The highest BCUT2D eigenvalue weighted by atomic mass is 35.5. The van der Waals surface area contributed by atoms with Crippen LogP contribution < -0.4 is 15.8 Å². The number of carbonyl (C=O) groups excluding carboxylic acids is 1. The second-order valence-electron chi connectivity index (χ2n) is 5.31. The van der Waals surface area contributed by atoms with E-state index in [4.69, 9.17) is 10.5 Å². The molecule has 0 aliphatic carbocycles. The molecule has 1 atom stereocenters. The van der Waals surface area contributed by atoms with Crippen molar-refractivity contribution in [2.24, 2.45) is 5.73 Å². The highest BCUT2D eigenvalue weighted by Crippen LogP contribution is 2.15. The Morgan fingerprint density at radius 1 is 1.13 bits per heavy atom. The highest BCUT2D eigenvalue weighted by molar-refractivity contribution is 5.90. The highest BCUT2D eigenvalue weighted by Gasteiger charge is 2.05. The first-order valence-electron chi connectivity index (χ1n) is 7.37. The number of nitrogens with two attached hydrogens (primary N) is 1. The fourth-order valence-corrected chi connectivity index (χ4v) is 2.14. The number of aryl methyl sites for hydroxylation is 1. The molecule has 23 heavy (non-hydrogen) atoms. The fourth-order valence-electron chi connectivity index (χ4n) is 2.14. The number of rotatable bonds is 6. The summed E-state index contributed by atoms with van der Waals surface area (Å²) in [5.74, 6) is 0.826. The Balaban J connectivity index is 0.00000264. The van der Waals surface area contributed by atoms with Crippen molar-refractivity contribution in [2.75, 3.05) is 12.4 Å². The zero-order valence-electron chi connectivity index (χ0n) is 13.4. The Bertz CT molecular complexity index is 610. The first kappa shape index (κ1) is 19.0. The molecule has 2 aromatic carbocycles. The number of methoxy groups -OCH3 is 1. The minimum Gasteiger partial charge on any atom is -0.497 e. The molecule has 4 nitrogen and oxygen atoms in total. The molecular formula is C18H23ClN2O2. The summed E-state index contributed by atoms with van der Waals surface area (Å²) in [5.41, 5.74) is 8.76. The summed E-state index contributed by atoms with van der Waals surface area (Å²) in [4.78, 5) is 12.0.